The molecule has 0 aliphatic heterocycles. The molecule has 0 aliphatic carbocycles. The lowest BCUT2D eigenvalue weighted by molar-refractivity contribution is 0.519. The van der Waals surface area contributed by atoms with Crippen LogP contribution >= 0.6 is 0 Å². The first-order valence-electron chi connectivity index (χ1n) is 14.0. The van der Waals surface area contributed by atoms with Crippen molar-refractivity contribution in [1.29, 1.82) is 0 Å². The third-order valence-electron chi connectivity index (χ3n) is 7.57. The first-order chi connectivity index (χ1) is 18.2. The van der Waals surface area contributed by atoms with Gasteiger partial charge in [0.2, 0.25) is 0 Å². The van der Waals surface area contributed by atoms with Gasteiger partial charge in [-0.15, -0.1) is 0 Å². The maximum absolute atomic E-state index is 6.17. The van der Waals surface area contributed by atoms with Crippen LogP contribution in [-0.4, -0.2) is 6.54 Å². The molecule has 2 N–H and O–H groups in total. The predicted octanol–water partition coefficient (Wildman–Crippen LogP) is 9.64. The zero-order valence-electron chi connectivity index (χ0n) is 22.7. The Morgan fingerprint density at radius 3 is 1.92 bits per heavy atom. The van der Waals surface area contributed by atoms with Gasteiger partial charge in [-0.05, 0) is 89.9 Å². The second-order valence-corrected chi connectivity index (χ2v) is 10.2. The molecule has 37 heavy (non-hydrogen) atoms. The van der Waals surface area contributed by atoms with E-state index in [1.807, 2.05) is 0 Å². The largest absolute Gasteiger partial charge is 0.330 e. The molecule has 0 radical (unpaired) electrons. The topological polar surface area (TPSA) is 29.3 Å². The molecular formula is C35H42N2. The van der Waals surface area contributed by atoms with Gasteiger partial charge >= 0.3 is 0 Å². The summed E-state index contributed by atoms with van der Waals surface area (Å²) in [5.74, 6) is 0.997. The first kappa shape index (κ1) is 26.7. The second kappa shape index (κ2) is 13.3. The molecule has 0 bridgehead atoms. The fraction of sp³-hybridized carbons (Fsp3) is 0.314. The third-order valence-corrected chi connectivity index (χ3v) is 7.57. The average Bonchev–Trinajstić information content (AvgIpc) is 2.96. The van der Waals surface area contributed by atoms with E-state index >= 15 is 0 Å². The van der Waals surface area contributed by atoms with E-state index in [4.69, 9.17) is 5.73 Å². The van der Waals surface area contributed by atoms with E-state index in [9.17, 15) is 0 Å². The minimum atomic E-state index is 0.480. The Morgan fingerprint density at radius 1 is 0.703 bits per heavy atom. The van der Waals surface area contributed by atoms with Crippen molar-refractivity contribution in [1.82, 2.24) is 0 Å². The molecule has 4 rings (SSSR count). The number of nitrogens with two attached hydrogens (primary N) is 1. The van der Waals surface area contributed by atoms with Crippen molar-refractivity contribution >= 4 is 17.1 Å². The van der Waals surface area contributed by atoms with Crippen LogP contribution in [0.25, 0.3) is 11.1 Å². The van der Waals surface area contributed by atoms with Gasteiger partial charge in [0.15, 0.2) is 0 Å². The van der Waals surface area contributed by atoms with Crippen LogP contribution in [-0.2, 0) is 6.42 Å². The normalized spacial score (nSPS) is 12.8. The lowest BCUT2D eigenvalue weighted by Gasteiger charge is -2.28. The summed E-state index contributed by atoms with van der Waals surface area (Å²) in [6.45, 7) is 7.62. The summed E-state index contributed by atoms with van der Waals surface area (Å²) in [4.78, 5) is 2.36. The SMILES string of the molecule is CCCCC(C)c1ccccc1-c1cc(N(c2ccccc2)c2ccccc2)ccc1CC(CC)CN. The molecule has 4 aromatic rings. The minimum absolute atomic E-state index is 0.480. The monoisotopic (exact) mass is 490 g/mol. The quantitative estimate of drug-likeness (QED) is 0.214. The molecule has 2 nitrogen and oxygen atoms in total. The maximum atomic E-state index is 6.17. The van der Waals surface area contributed by atoms with Crippen LogP contribution < -0.4 is 10.6 Å². The van der Waals surface area contributed by atoms with Crippen molar-refractivity contribution in [2.24, 2.45) is 11.7 Å². The molecule has 0 aliphatic rings. The maximum Gasteiger partial charge on any atom is 0.0467 e. The molecule has 4 aromatic carbocycles. The highest BCUT2D eigenvalue weighted by Crippen LogP contribution is 2.40. The van der Waals surface area contributed by atoms with Gasteiger partial charge < -0.3 is 10.6 Å². The van der Waals surface area contributed by atoms with Crippen molar-refractivity contribution < 1.29 is 0 Å². The van der Waals surface area contributed by atoms with E-state index in [1.165, 1.54) is 47.2 Å². The number of anilines is 3. The van der Waals surface area contributed by atoms with Crippen molar-refractivity contribution in [2.45, 2.75) is 58.8 Å². The predicted molar refractivity (Wildman–Crippen MR) is 161 cm³/mol. The molecule has 0 amide bonds. The first-order valence-corrected chi connectivity index (χ1v) is 14.0. The van der Waals surface area contributed by atoms with Crippen molar-refractivity contribution in [3.8, 4) is 11.1 Å². The summed E-state index contributed by atoms with van der Waals surface area (Å²) in [6, 6.07) is 37.4. The van der Waals surface area contributed by atoms with Gasteiger partial charge in [-0.3, -0.25) is 0 Å². The number of benzene rings is 4. The van der Waals surface area contributed by atoms with E-state index in [0.29, 0.717) is 18.4 Å². The van der Waals surface area contributed by atoms with Gasteiger partial charge in [-0.25, -0.2) is 0 Å². The number of para-hydroxylation sites is 2. The number of unbranched alkanes of at least 4 members (excludes halogenated alkanes) is 1. The highest BCUT2D eigenvalue weighted by molar-refractivity contribution is 5.82. The molecular weight excluding hydrogens is 448 g/mol. The molecule has 0 heterocycles. The van der Waals surface area contributed by atoms with E-state index < -0.39 is 0 Å². The summed E-state index contributed by atoms with van der Waals surface area (Å²) in [6.07, 6.45) is 5.78. The van der Waals surface area contributed by atoms with Crippen LogP contribution in [0.15, 0.2) is 103 Å². The number of nitrogens with zero attached hydrogens (tertiary/aromatic N) is 1. The molecule has 2 atom stereocenters. The van der Waals surface area contributed by atoms with Crippen LogP contribution in [0.1, 0.15) is 63.5 Å². The average molecular weight is 491 g/mol. The van der Waals surface area contributed by atoms with Crippen molar-refractivity contribution in [3.63, 3.8) is 0 Å². The molecule has 0 spiro atoms. The Bertz CT molecular complexity index is 1190. The van der Waals surface area contributed by atoms with E-state index in [2.05, 4.69) is 129 Å². The van der Waals surface area contributed by atoms with Gasteiger partial charge in [0.25, 0.3) is 0 Å². The second-order valence-electron chi connectivity index (χ2n) is 10.2. The fourth-order valence-electron chi connectivity index (χ4n) is 5.28. The van der Waals surface area contributed by atoms with Crippen molar-refractivity contribution in [2.75, 3.05) is 11.4 Å². The Kier molecular flexibility index (Phi) is 9.57. The minimum Gasteiger partial charge on any atom is -0.330 e. The fourth-order valence-corrected chi connectivity index (χ4v) is 5.28. The number of hydrogen-bond donors (Lipinski definition) is 1. The standard InChI is InChI=1S/C35H42N2/c1-4-6-15-27(3)33-20-13-14-21-34(33)35-25-32(23-22-29(35)24-28(5-2)26-36)37(30-16-9-7-10-17-30)31-18-11-8-12-19-31/h7-14,16-23,25,27-28H,4-6,15,24,26,36H2,1-3H3. The molecule has 2 heteroatoms. The molecule has 2 unspecified atom stereocenters. The van der Waals surface area contributed by atoms with Gasteiger partial charge in [0.1, 0.15) is 0 Å². The summed E-state index contributed by atoms with van der Waals surface area (Å²) in [5, 5.41) is 0. The number of rotatable bonds is 12. The van der Waals surface area contributed by atoms with Crippen LogP contribution in [0.5, 0.6) is 0 Å². The molecule has 0 saturated heterocycles. The molecule has 0 saturated carbocycles. The lowest BCUT2D eigenvalue weighted by Crippen LogP contribution is -2.17. The highest BCUT2D eigenvalue weighted by atomic mass is 15.1. The van der Waals surface area contributed by atoms with E-state index in [1.54, 1.807) is 0 Å². The van der Waals surface area contributed by atoms with Crippen LogP contribution in [0.4, 0.5) is 17.1 Å². The van der Waals surface area contributed by atoms with Gasteiger partial charge in [0.05, 0.1) is 0 Å². The summed E-state index contributed by atoms with van der Waals surface area (Å²) >= 11 is 0. The van der Waals surface area contributed by atoms with Gasteiger partial charge in [-0.1, -0.05) is 107 Å². The van der Waals surface area contributed by atoms with E-state index in [0.717, 1.165) is 24.2 Å². The highest BCUT2D eigenvalue weighted by Gasteiger charge is 2.19. The Hall–Kier alpha value is -3.36. The molecule has 192 valence electrons. The molecule has 0 fully saturated rings. The summed E-state index contributed by atoms with van der Waals surface area (Å²) < 4.78 is 0. The third kappa shape index (κ3) is 6.50. The van der Waals surface area contributed by atoms with Crippen LogP contribution in [0.3, 0.4) is 0 Å². The summed E-state index contributed by atoms with van der Waals surface area (Å²) in [7, 11) is 0. The van der Waals surface area contributed by atoms with Crippen LogP contribution in [0, 0.1) is 5.92 Å². The Labute approximate surface area is 224 Å². The number of hydrogen-bond acceptors (Lipinski definition) is 2. The Balaban J connectivity index is 1.89. The van der Waals surface area contributed by atoms with Crippen LogP contribution in [0.2, 0.25) is 0 Å². The smallest absolute Gasteiger partial charge is 0.0467 e. The Morgan fingerprint density at radius 2 is 1.32 bits per heavy atom. The zero-order valence-corrected chi connectivity index (χ0v) is 22.7. The van der Waals surface area contributed by atoms with Gasteiger partial charge in [-0.2, -0.15) is 0 Å². The lowest BCUT2D eigenvalue weighted by atomic mass is 9.84. The van der Waals surface area contributed by atoms with Gasteiger partial charge in [0, 0.05) is 17.1 Å². The zero-order chi connectivity index (χ0) is 26.0. The molecule has 0 aromatic heterocycles. The van der Waals surface area contributed by atoms with E-state index in [-0.39, 0.29) is 0 Å². The van der Waals surface area contributed by atoms with Crippen molar-refractivity contribution in [3.05, 3.63) is 114 Å². The summed E-state index contributed by atoms with van der Waals surface area (Å²) in [5.41, 5.74) is 15.2.